The van der Waals surface area contributed by atoms with Gasteiger partial charge in [0.15, 0.2) is 0 Å². The first-order chi connectivity index (χ1) is 8.58. The summed E-state index contributed by atoms with van der Waals surface area (Å²) < 4.78 is 5.10. The van der Waals surface area contributed by atoms with Crippen molar-refractivity contribution in [3.05, 3.63) is 23.8 Å². The largest absolute Gasteiger partial charge is 0.497 e. The van der Waals surface area contributed by atoms with Gasteiger partial charge in [-0.3, -0.25) is 4.79 Å². The summed E-state index contributed by atoms with van der Waals surface area (Å²) in [6.07, 6.45) is 0.384. The molecule has 0 unspecified atom stereocenters. The van der Waals surface area contributed by atoms with Gasteiger partial charge in [-0.1, -0.05) is 0 Å². The first-order valence-corrected chi connectivity index (χ1v) is 5.60. The third-order valence-corrected chi connectivity index (χ3v) is 2.50. The predicted molar refractivity (Wildman–Crippen MR) is 69.5 cm³/mol. The second-order valence-electron chi connectivity index (χ2n) is 3.99. The van der Waals surface area contributed by atoms with Crippen LogP contribution in [0.4, 0.5) is 5.69 Å². The summed E-state index contributed by atoms with van der Waals surface area (Å²) in [5, 5.41) is 12.0. The van der Waals surface area contributed by atoms with Gasteiger partial charge < -0.3 is 15.0 Å². The van der Waals surface area contributed by atoms with Crippen LogP contribution in [0, 0.1) is 11.3 Å². The Morgan fingerprint density at radius 2 is 2.22 bits per heavy atom. The lowest BCUT2D eigenvalue weighted by atomic mass is 10.2. The lowest BCUT2D eigenvalue weighted by Crippen LogP contribution is -2.24. The van der Waals surface area contributed by atoms with E-state index in [-0.39, 0.29) is 5.91 Å². The van der Waals surface area contributed by atoms with Gasteiger partial charge in [-0.05, 0) is 12.1 Å². The number of rotatable bonds is 5. The number of nitriles is 1. The summed E-state index contributed by atoms with van der Waals surface area (Å²) in [5.41, 5.74) is 1.22. The van der Waals surface area contributed by atoms with Crippen molar-refractivity contribution in [1.29, 1.82) is 5.26 Å². The second-order valence-corrected chi connectivity index (χ2v) is 3.99. The fraction of sp³-hybridized carbons (Fsp3) is 0.385. The molecule has 5 nitrogen and oxygen atoms in total. The van der Waals surface area contributed by atoms with Gasteiger partial charge >= 0.3 is 0 Å². The third-order valence-electron chi connectivity index (χ3n) is 2.50. The predicted octanol–water partition coefficient (Wildman–Crippen LogP) is 1.46. The average Bonchev–Trinajstić information content (AvgIpc) is 2.38. The maximum atomic E-state index is 11.4. The van der Waals surface area contributed by atoms with Crippen molar-refractivity contribution in [3.63, 3.8) is 0 Å². The van der Waals surface area contributed by atoms with Crippen molar-refractivity contribution in [2.75, 3.05) is 33.1 Å². The van der Waals surface area contributed by atoms with Crippen molar-refractivity contribution in [2.24, 2.45) is 0 Å². The summed E-state index contributed by atoms with van der Waals surface area (Å²) in [6.45, 7) is 0.485. The van der Waals surface area contributed by atoms with Crippen LogP contribution in [0.25, 0.3) is 0 Å². The van der Waals surface area contributed by atoms with Crippen molar-refractivity contribution in [1.82, 2.24) is 4.90 Å². The molecule has 0 radical (unpaired) electrons. The maximum Gasteiger partial charge on any atom is 0.223 e. The molecule has 1 rings (SSSR count). The van der Waals surface area contributed by atoms with Crippen LogP contribution in [0.2, 0.25) is 0 Å². The molecule has 18 heavy (non-hydrogen) atoms. The molecule has 0 bridgehead atoms. The fourth-order valence-electron chi connectivity index (χ4n) is 1.42. The van der Waals surface area contributed by atoms with Crippen LogP contribution in [0.15, 0.2) is 18.2 Å². The molecule has 0 saturated heterocycles. The van der Waals surface area contributed by atoms with E-state index in [4.69, 9.17) is 10.00 Å². The van der Waals surface area contributed by atoms with E-state index in [1.165, 1.54) is 0 Å². The minimum Gasteiger partial charge on any atom is -0.497 e. The van der Waals surface area contributed by atoms with Crippen molar-refractivity contribution in [2.45, 2.75) is 6.42 Å². The molecule has 0 aliphatic rings. The number of anilines is 1. The molecule has 1 N–H and O–H groups in total. The number of nitrogens with zero attached hydrogens (tertiary/aromatic N) is 2. The van der Waals surface area contributed by atoms with Crippen molar-refractivity contribution < 1.29 is 9.53 Å². The second kappa shape index (κ2) is 6.50. The molecule has 1 amide bonds. The van der Waals surface area contributed by atoms with E-state index in [1.54, 1.807) is 44.3 Å². The highest BCUT2D eigenvalue weighted by atomic mass is 16.5. The van der Waals surface area contributed by atoms with Gasteiger partial charge in [0.1, 0.15) is 11.8 Å². The van der Waals surface area contributed by atoms with Crippen LogP contribution in [-0.2, 0) is 4.79 Å². The van der Waals surface area contributed by atoms with E-state index in [0.29, 0.717) is 30.0 Å². The number of methoxy groups -OCH3 is 1. The molecule has 0 spiro atoms. The van der Waals surface area contributed by atoms with E-state index in [0.717, 1.165) is 0 Å². The molecule has 1 aromatic rings. The molecule has 96 valence electrons. The molecule has 0 fully saturated rings. The molecule has 0 saturated carbocycles. The van der Waals surface area contributed by atoms with Crippen molar-refractivity contribution >= 4 is 11.6 Å². The molecular formula is C13H17N3O2. The van der Waals surface area contributed by atoms with Crippen LogP contribution in [0.3, 0.4) is 0 Å². The van der Waals surface area contributed by atoms with Crippen LogP contribution in [0.1, 0.15) is 12.0 Å². The number of hydrogen-bond donors (Lipinski definition) is 1. The molecule has 1 aromatic carbocycles. The summed E-state index contributed by atoms with van der Waals surface area (Å²) in [5.74, 6) is 0.722. The normalized spacial score (nSPS) is 9.44. The first-order valence-electron chi connectivity index (χ1n) is 5.60. The van der Waals surface area contributed by atoms with Gasteiger partial charge in [-0.2, -0.15) is 5.26 Å². The van der Waals surface area contributed by atoms with Crippen molar-refractivity contribution in [3.8, 4) is 11.8 Å². The summed E-state index contributed by atoms with van der Waals surface area (Å²) in [4.78, 5) is 12.9. The quantitative estimate of drug-likeness (QED) is 0.855. The Kier molecular flexibility index (Phi) is 5.00. The molecule has 0 aromatic heterocycles. The van der Waals surface area contributed by atoms with E-state index >= 15 is 0 Å². The topological polar surface area (TPSA) is 65.4 Å². The first kappa shape index (κ1) is 13.8. The van der Waals surface area contributed by atoms with E-state index in [2.05, 4.69) is 11.4 Å². The highest BCUT2D eigenvalue weighted by Crippen LogP contribution is 2.21. The highest BCUT2D eigenvalue weighted by molar-refractivity contribution is 5.76. The lowest BCUT2D eigenvalue weighted by molar-refractivity contribution is -0.128. The summed E-state index contributed by atoms with van der Waals surface area (Å²) in [6, 6.07) is 7.26. The number of hydrogen-bond acceptors (Lipinski definition) is 4. The standard InChI is InChI=1S/C13H17N3O2/c1-16(2)13(17)6-7-15-12-8-11(18-3)5-4-10(12)9-14/h4-5,8,15H,6-7H2,1-3H3. The lowest BCUT2D eigenvalue weighted by Gasteiger charge is -2.12. The molecule has 0 heterocycles. The van der Waals surface area contributed by atoms with Crippen LogP contribution >= 0.6 is 0 Å². The smallest absolute Gasteiger partial charge is 0.223 e. The maximum absolute atomic E-state index is 11.4. The van der Waals surface area contributed by atoms with Gasteiger partial charge in [0.2, 0.25) is 5.91 Å². The van der Waals surface area contributed by atoms with Gasteiger partial charge in [-0.15, -0.1) is 0 Å². The molecule has 0 aliphatic carbocycles. The minimum atomic E-state index is 0.0453. The average molecular weight is 247 g/mol. The third kappa shape index (κ3) is 3.67. The zero-order valence-corrected chi connectivity index (χ0v) is 10.9. The van der Waals surface area contributed by atoms with Gasteiger partial charge in [0.05, 0.1) is 18.4 Å². The van der Waals surface area contributed by atoms with E-state index < -0.39 is 0 Å². The van der Waals surface area contributed by atoms with Crippen LogP contribution in [-0.4, -0.2) is 38.6 Å². The molecule has 0 aliphatic heterocycles. The molecule has 0 atom stereocenters. The number of nitrogens with one attached hydrogen (secondary N) is 1. The number of carbonyl (C=O) groups excluding carboxylic acids is 1. The number of amides is 1. The van der Waals surface area contributed by atoms with Gasteiger partial charge in [0, 0.05) is 33.1 Å². The van der Waals surface area contributed by atoms with E-state index in [1.807, 2.05) is 0 Å². The molecular weight excluding hydrogens is 230 g/mol. The molecule has 5 heteroatoms. The summed E-state index contributed by atoms with van der Waals surface area (Å²) in [7, 11) is 5.00. The van der Waals surface area contributed by atoms with Gasteiger partial charge in [-0.25, -0.2) is 0 Å². The summed E-state index contributed by atoms with van der Waals surface area (Å²) >= 11 is 0. The number of carbonyl (C=O) groups is 1. The Balaban J connectivity index is 2.66. The Labute approximate surface area is 107 Å². The monoisotopic (exact) mass is 247 g/mol. The zero-order chi connectivity index (χ0) is 13.5. The van der Waals surface area contributed by atoms with Crippen LogP contribution in [0.5, 0.6) is 5.75 Å². The van der Waals surface area contributed by atoms with Crippen LogP contribution < -0.4 is 10.1 Å². The zero-order valence-electron chi connectivity index (χ0n) is 10.9. The highest BCUT2D eigenvalue weighted by Gasteiger charge is 2.06. The van der Waals surface area contributed by atoms with Gasteiger partial charge in [0.25, 0.3) is 0 Å². The SMILES string of the molecule is COc1ccc(C#N)c(NCCC(=O)N(C)C)c1. The Hall–Kier alpha value is -2.22. The fourth-order valence-corrected chi connectivity index (χ4v) is 1.42. The minimum absolute atomic E-state index is 0.0453. The Morgan fingerprint density at radius 1 is 1.50 bits per heavy atom. The Morgan fingerprint density at radius 3 is 2.78 bits per heavy atom. The number of ether oxygens (including phenoxy) is 1. The number of benzene rings is 1. The van der Waals surface area contributed by atoms with E-state index in [9.17, 15) is 4.79 Å². The Bertz CT molecular complexity index is 464.